The third-order valence-electron chi connectivity index (χ3n) is 2.93. The maximum absolute atomic E-state index is 8.72. The number of nitrogens with zero attached hydrogens (tertiary/aromatic N) is 2. The van der Waals surface area contributed by atoms with Crippen molar-refractivity contribution in [3.05, 3.63) is 47.7 Å². The lowest BCUT2D eigenvalue weighted by Gasteiger charge is -2.07. The first-order valence-electron chi connectivity index (χ1n) is 6.31. The van der Waals surface area contributed by atoms with E-state index in [2.05, 4.69) is 11.1 Å². The van der Waals surface area contributed by atoms with Gasteiger partial charge in [-0.05, 0) is 49.7 Å². The van der Waals surface area contributed by atoms with E-state index >= 15 is 0 Å². The van der Waals surface area contributed by atoms with Crippen LogP contribution in [0.5, 0.6) is 5.75 Å². The summed E-state index contributed by atoms with van der Waals surface area (Å²) in [4.78, 5) is 4.55. The normalized spacial score (nSPS) is 9.95. The van der Waals surface area contributed by atoms with Crippen LogP contribution in [0.25, 0.3) is 11.3 Å². The summed E-state index contributed by atoms with van der Waals surface area (Å²) in [6.07, 6.45) is 0.405. The fraction of sp³-hybridized carbons (Fsp3) is 0.250. The van der Waals surface area contributed by atoms with E-state index in [0.29, 0.717) is 13.0 Å². The second-order valence-electron chi connectivity index (χ2n) is 4.23. The number of aryl methyl sites for hydroxylation is 1. The molecule has 2 rings (SSSR count). The molecule has 0 saturated heterocycles. The summed E-state index contributed by atoms with van der Waals surface area (Å²) >= 11 is 0. The Morgan fingerprint density at radius 1 is 1.16 bits per heavy atom. The maximum atomic E-state index is 8.72. The highest BCUT2D eigenvalue weighted by Crippen LogP contribution is 2.22. The molecule has 1 aromatic heterocycles. The van der Waals surface area contributed by atoms with Gasteiger partial charge in [-0.25, -0.2) is 0 Å². The van der Waals surface area contributed by atoms with Crippen molar-refractivity contribution >= 4 is 0 Å². The maximum Gasteiger partial charge on any atom is 0.119 e. The molecule has 0 radical (unpaired) electrons. The van der Waals surface area contributed by atoms with Gasteiger partial charge in [0, 0.05) is 11.3 Å². The second kappa shape index (κ2) is 6.01. The molecule has 0 unspecified atom stereocenters. The average molecular weight is 252 g/mol. The van der Waals surface area contributed by atoms with E-state index in [0.717, 1.165) is 28.3 Å². The van der Waals surface area contributed by atoms with Crippen LogP contribution in [0.15, 0.2) is 36.4 Å². The molecular weight excluding hydrogens is 236 g/mol. The van der Waals surface area contributed by atoms with Gasteiger partial charge in [-0.3, -0.25) is 4.98 Å². The number of rotatable bonds is 4. The molecule has 2 aromatic rings. The first-order chi connectivity index (χ1) is 9.24. The molecule has 96 valence electrons. The Balaban J connectivity index is 2.27. The van der Waals surface area contributed by atoms with E-state index in [9.17, 15) is 0 Å². The lowest BCUT2D eigenvalue weighted by Crippen LogP contribution is -1.94. The van der Waals surface area contributed by atoms with E-state index in [4.69, 9.17) is 10.00 Å². The predicted molar refractivity (Wildman–Crippen MR) is 74.9 cm³/mol. The molecule has 0 atom stereocenters. The van der Waals surface area contributed by atoms with Crippen LogP contribution in [0.1, 0.15) is 18.2 Å². The summed E-state index contributed by atoms with van der Waals surface area (Å²) in [5.41, 5.74) is 3.86. The summed E-state index contributed by atoms with van der Waals surface area (Å²) in [7, 11) is 0. The van der Waals surface area contributed by atoms with E-state index in [-0.39, 0.29) is 0 Å². The van der Waals surface area contributed by atoms with Crippen LogP contribution < -0.4 is 4.74 Å². The number of ether oxygens (including phenoxy) is 1. The van der Waals surface area contributed by atoms with Crippen LogP contribution in [0.4, 0.5) is 0 Å². The van der Waals surface area contributed by atoms with Gasteiger partial charge in [0.2, 0.25) is 0 Å². The van der Waals surface area contributed by atoms with Crippen LogP contribution in [0, 0.1) is 18.3 Å². The lowest BCUT2D eigenvalue weighted by atomic mass is 10.1. The Bertz CT molecular complexity index is 597. The fourth-order valence-electron chi connectivity index (χ4n) is 1.91. The summed E-state index contributed by atoms with van der Waals surface area (Å²) in [5, 5.41) is 8.72. The summed E-state index contributed by atoms with van der Waals surface area (Å²) in [6, 6.07) is 14.0. The molecule has 0 bridgehead atoms. The first kappa shape index (κ1) is 13.1. The number of pyridine rings is 1. The monoisotopic (exact) mass is 252 g/mol. The Morgan fingerprint density at radius 2 is 1.89 bits per heavy atom. The van der Waals surface area contributed by atoms with Gasteiger partial charge in [-0.1, -0.05) is 6.07 Å². The zero-order chi connectivity index (χ0) is 13.7. The first-order valence-corrected chi connectivity index (χ1v) is 6.31. The van der Waals surface area contributed by atoms with Gasteiger partial charge in [0.05, 0.1) is 24.8 Å². The van der Waals surface area contributed by atoms with Crippen molar-refractivity contribution in [2.45, 2.75) is 20.3 Å². The third kappa shape index (κ3) is 3.11. The summed E-state index contributed by atoms with van der Waals surface area (Å²) in [6.45, 7) is 4.57. The highest BCUT2D eigenvalue weighted by Gasteiger charge is 2.04. The standard InChI is InChI=1S/C16H16N2O/c1-3-19-15-7-4-14(5-8-15)16-9-6-13(10-11-17)12(2)18-16/h4-9H,3,10H2,1-2H3. The van der Waals surface area contributed by atoms with Crippen LogP contribution in [-0.2, 0) is 6.42 Å². The van der Waals surface area contributed by atoms with Crippen LogP contribution in [0.3, 0.4) is 0 Å². The third-order valence-corrected chi connectivity index (χ3v) is 2.93. The highest BCUT2D eigenvalue weighted by molar-refractivity contribution is 5.60. The number of benzene rings is 1. The molecule has 1 aromatic carbocycles. The SMILES string of the molecule is CCOc1ccc(-c2ccc(CC#N)c(C)n2)cc1. The molecule has 0 aliphatic rings. The number of hydrogen-bond acceptors (Lipinski definition) is 3. The predicted octanol–water partition coefficient (Wildman–Crippen LogP) is 3.52. The molecule has 19 heavy (non-hydrogen) atoms. The van der Waals surface area contributed by atoms with E-state index in [1.165, 1.54) is 0 Å². The molecule has 1 heterocycles. The summed E-state index contributed by atoms with van der Waals surface area (Å²) < 4.78 is 5.42. The zero-order valence-electron chi connectivity index (χ0n) is 11.2. The minimum atomic E-state index is 0.405. The largest absolute Gasteiger partial charge is 0.494 e. The Morgan fingerprint density at radius 3 is 2.47 bits per heavy atom. The molecule has 0 aliphatic carbocycles. The second-order valence-corrected chi connectivity index (χ2v) is 4.23. The Hall–Kier alpha value is -2.34. The minimum absolute atomic E-state index is 0.405. The molecule has 0 N–H and O–H groups in total. The van der Waals surface area contributed by atoms with Crippen LogP contribution in [-0.4, -0.2) is 11.6 Å². The lowest BCUT2D eigenvalue weighted by molar-refractivity contribution is 0.340. The van der Waals surface area contributed by atoms with Gasteiger partial charge in [-0.2, -0.15) is 5.26 Å². The molecule has 0 amide bonds. The smallest absolute Gasteiger partial charge is 0.119 e. The molecule has 3 heteroatoms. The van der Waals surface area contributed by atoms with E-state index in [1.54, 1.807) is 0 Å². The van der Waals surface area contributed by atoms with Crippen LogP contribution in [0.2, 0.25) is 0 Å². The van der Waals surface area contributed by atoms with Gasteiger partial charge in [0.15, 0.2) is 0 Å². The molecule has 3 nitrogen and oxygen atoms in total. The van der Waals surface area contributed by atoms with Gasteiger partial charge in [0.25, 0.3) is 0 Å². The molecule has 0 aliphatic heterocycles. The van der Waals surface area contributed by atoms with Gasteiger partial charge in [-0.15, -0.1) is 0 Å². The van der Waals surface area contributed by atoms with Gasteiger partial charge >= 0.3 is 0 Å². The van der Waals surface area contributed by atoms with Crippen molar-refractivity contribution in [2.24, 2.45) is 0 Å². The Labute approximate surface area is 113 Å². The number of aromatic nitrogens is 1. The number of hydrogen-bond donors (Lipinski definition) is 0. The Kier molecular flexibility index (Phi) is 4.15. The van der Waals surface area contributed by atoms with Crippen molar-refractivity contribution in [1.29, 1.82) is 5.26 Å². The minimum Gasteiger partial charge on any atom is -0.494 e. The quantitative estimate of drug-likeness (QED) is 0.836. The molecule has 0 spiro atoms. The van der Waals surface area contributed by atoms with E-state index in [1.807, 2.05) is 50.2 Å². The highest BCUT2D eigenvalue weighted by atomic mass is 16.5. The van der Waals surface area contributed by atoms with Crippen molar-refractivity contribution in [1.82, 2.24) is 4.98 Å². The van der Waals surface area contributed by atoms with Crippen LogP contribution >= 0.6 is 0 Å². The molecule has 0 saturated carbocycles. The van der Waals surface area contributed by atoms with Crippen molar-refractivity contribution in [3.8, 4) is 23.1 Å². The van der Waals surface area contributed by atoms with Crippen molar-refractivity contribution < 1.29 is 4.74 Å². The van der Waals surface area contributed by atoms with Crippen molar-refractivity contribution in [2.75, 3.05) is 6.61 Å². The van der Waals surface area contributed by atoms with Crippen molar-refractivity contribution in [3.63, 3.8) is 0 Å². The zero-order valence-corrected chi connectivity index (χ0v) is 11.2. The molecular formula is C16H16N2O. The number of nitriles is 1. The molecule has 0 fully saturated rings. The van der Waals surface area contributed by atoms with E-state index < -0.39 is 0 Å². The van der Waals surface area contributed by atoms with Gasteiger partial charge in [0.1, 0.15) is 5.75 Å². The van der Waals surface area contributed by atoms with Gasteiger partial charge < -0.3 is 4.74 Å². The fourth-order valence-corrected chi connectivity index (χ4v) is 1.91. The summed E-state index contributed by atoms with van der Waals surface area (Å²) in [5.74, 6) is 0.865. The topological polar surface area (TPSA) is 45.9 Å². The average Bonchev–Trinajstić information content (AvgIpc) is 2.43.